The third-order valence-corrected chi connectivity index (χ3v) is 8.62. The molecule has 0 bridgehead atoms. The molecule has 0 spiro atoms. The maximum absolute atomic E-state index is 6.28. The normalized spacial score (nSPS) is 11.6. The summed E-state index contributed by atoms with van der Waals surface area (Å²) in [4.78, 5) is 2.37. The number of benzene rings is 6. The molecule has 0 N–H and O–H groups in total. The van der Waals surface area contributed by atoms with Crippen LogP contribution in [0, 0.1) is 0 Å². The number of thiophene rings is 1. The number of hydrogen-bond acceptors (Lipinski definition) is 3. The van der Waals surface area contributed by atoms with Crippen molar-refractivity contribution in [3.63, 3.8) is 0 Å². The fraction of sp³-hybridized carbons (Fsp3) is 0. The Balaban J connectivity index is 1.38. The number of fused-ring (bicyclic) bond motifs is 6. The highest BCUT2D eigenvalue weighted by Gasteiger charge is 2.20. The third kappa shape index (κ3) is 3.63. The average Bonchev–Trinajstić information content (AvgIpc) is 3.57. The van der Waals surface area contributed by atoms with Gasteiger partial charge >= 0.3 is 0 Å². The van der Waals surface area contributed by atoms with Gasteiger partial charge in [-0.3, -0.25) is 0 Å². The molecule has 184 valence electrons. The Morgan fingerprint density at radius 2 is 1.13 bits per heavy atom. The molecule has 8 rings (SSSR count). The van der Waals surface area contributed by atoms with Gasteiger partial charge in [0.1, 0.15) is 11.2 Å². The lowest BCUT2D eigenvalue weighted by atomic mass is 10.0. The monoisotopic (exact) mass is 517 g/mol. The summed E-state index contributed by atoms with van der Waals surface area (Å²) >= 11 is 1.85. The van der Waals surface area contributed by atoms with Gasteiger partial charge in [-0.1, -0.05) is 84.9 Å². The van der Waals surface area contributed by atoms with E-state index in [4.69, 9.17) is 4.42 Å². The van der Waals surface area contributed by atoms with Crippen molar-refractivity contribution in [2.45, 2.75) is 0 Å². The zero-order valence-electron chi connectivity index (χ0n) is 21.0. The fourth-order valence-corrected chi connectivity index (χ4v) is 6.74. The molecule has 2 aromatic heterocycles. The molecule has 0 atom stereocenters. The summed E-state index contributed by atoms with van der Waals surface area (Å²) in [5.74, 6) is 0. The van der Waals surface area contributed by atoms with E-state index in [9.17, 15) is 0 Å². The Morgan fingerprint density at radius 1 is 0.462 bits per heavy atom. The second-order valence-corrected chi connectivity index (χ2v) is 10.9. The number of para-hydroxylation sites is 1. The SMILES string of the molecule is c1ccc(-c2ccc(N(c3ccc4sc5ccccc5c4c3)c3cccc4oc5ccccc5c34)cc2)cc1. The van der Waals surface area contributed by atoms with E-state index in [1.807, 2.05) is 23.5 Å². The molecular formula is C36H23NOS. The van der Waals surface area contributed by atoms with Crippen molar-refractivity contribution in [2.24, 2.45) is 0 Å². The number of hydrogen-bond donors (Lipinski definition) is 0. The largest absolute Gasteiger partial charge is 0.456 e. The van der Waals surface area contributed by atoms with Gasteiger partial charge in [0, 0.05) is 36.9 Å². The van der Waals surface area contributed by atoms with E-state index in [1.165, 1.54) is 31.3 Å². The highest BCUT2D eigenvalue weighted by Crippen LogP contribution is 2.45. The van der Waals surface area contributed by atoms with Gasteiger partial charge in [-0.2, -0.15) is 0 Å². The van der Waals surface area contributed by atoms with Crippen molar-refractivity contribution in [1.29, 1.82) is 0 Å². The van der Waals surface area contributed by atoms with Gasteiger partial charge in [0.05, 0.1) is 11.1 Å². The van der Waals surface area contributed by atoms with E-state index in [-0.39, 0.29) is 0 Å². The lowest BCUT2D eigenvalue weighted by Crippen LogP contribution is -2.10. The third-order valence-electron chi connectivity index (χ3n) is 7.47. The minimum Gasteiger partial charge on any atom is -0.456 e. The minimum absolute atomic E-state index is 0.890. The zero-order valence-corrected chi connectivity index (χ0v) is 21.9. The molecule has 0 aliphatic carbocycles. The minimum atomic E-state index is 0.890. The van der Waals surface area contributed by atoms with Crippen molar-refractivity contribution in [3.05, 3.63) is 140 Å². The Labute approximate surface area is 230 Å². The van der Waals surface area contributed by atoms with Crippen molar-refractivity contribution < 1.29 is 4.42 Å². The number of furan rings is 1. The van der Waals surface area contributed by atoms with Gasteiger partial charge in [0.2, 0.25) is 0 Å². The molecular weight excluding hydrogens is 494 g/mol. The molecule has 0 fully saturated rings. The molecule has 0 saturated heterocycles. The van der Waals surface area contributed by atoms with E-state index >= 15 is 0 Å². The molecule has 8 aromatic rings. The highest BCUT2D eigenvalue weighted by atomic mass is 32.1. The molecule has 2 nitrogen and oxygen atoms in total. The standard InChI is InChI=1S/C36H23NOS/c1-2-9-24(10-3-1)25-17-19-26(20-18-25)37(27-21-22-35-30(23-27)28-11-5-7-16-34(28)39-35)31-13-8-15-33-36(31)29-12-4-6-14-32(29)38-33/h1-23H. The molecule has 0 unspecified atom stereocenters. The van der Waals surface area contributed by atoms with Crippen LogP contribution in [0.3, 0.4) is 0 Å². The molecule has 0 radical (unpaired) electrons. The summed E-state index contributed by atoms with van der Waals surface area (Å²) in [6.07, 6.45) is 0. The lowest BCUT2D eigenvalue weighted by Gasteiger charge is -2.26. The fourth-order valence-electron chi connectivity index (χ4n) is 5.66. The van der Waals surface area contributed by atoms with Crippen molar-refractivity contribution >= 4 is 70.5 Å². The Morgan fingerprint density at radius 3 is 2.00 bits per heavy atom. The van der Waals surface area contributed by atoms with Crippen molar-refractivity contribution in [1.82, 2.24) is 0 Å². The topological polar surface area (TPSA) is 16.4 Å². The number of anilines is 3. The van der Waals surface area contributed by atoms with E-state index in [0.29, 0.717) is 0 Å². The Kier molecular flexibility index (Phi) is 5.04. The van der Waals surface area contributed by atoms with Crippen LogP contribution >= 0.6 is 11.3 Å². The Bertz CT molecular complexity index is 2120. The molecule has 0 aliphatic rings. The summed E-state index contributed by atoms with van der Waals surface area (Å²) in [6.45, 7) is 0. The lowest BCUT2D eigenvalue weighted by molar-refractivity contribution is 0.669. The van der Waals surface area contributed by atoms with E-state index in [1.54, 1.807) is 0 Å². The van der Waals surface area contributed by atoms with Crippen LogP contribution in [0.25, 0.3) is 53.2 Å². The summed E-state index contributed by atoms with van der Waals surface area (Å²) in [5, 5.41) is 4.82. The summed E-state index contributed by atoms with van der Waals surface area (Å²) < 4.78 is 8.89. The van der Waals surface area contributed by atoms with Crippen molar-refractivity contribution in [2.75, 3.05) is 4.90 Å². The molecule has 0 amide bonds. The first-order valence-electron chi connectivity index (χ1n) is 13.1. The number of rotatable bonds is 4. The smallest absolute Gasteiger partial charge is 0.137 e. The van der Waals surface area contributed by atoms with Crippen LogP contribution in [-0.2, 0) is 0 Å². The van der Waals surface area contributed by atoms with Crippen LogP contribution in [-0.4, -0.2) is 0 Å². The molecule has 3 heteroatoms. The first kappa shape index (κ1) is 22.2. The van der Waals surface area contributed by atoms with Crippen LogP contribution in [0.2, 0.25) is 0 Å². The molecule has 0 saturated carbocycles. The van der Waals surface area contributed by atoms with Crippen LogP contribution in [0.4, 0.5) is 17.1 Å². The maximum atomic E-state index is 6.28. The van der Waals surface area contributed by atoms with E-state index in [2.05, 4.69) is 132 Å². The molecule has 6 aromatic carbocycles. The molecule has 2 heterocycles. The summed E-state index contributed by atoms with van der Waals surface area (Å²) in [7, 11) is 0. The predicted molar refractivity (Wildman–Crippen MR) is 167 cm³/mol. The van der Waals surface area contributed by atoms with Gasteiger partial charge in [-0.25, -0.2) is 0 Å². The van der Waals surface area contributed by atoms with Crippen molar-refractivity contribution in [3.8, 4) is 11.1 Å². The Hall–Kier alpha value is -4.86. The quantitative estimate of drug-likeness (QED) is 0.231. The second kappa shape index (κ2) is 8.87. The summed E-state index contributed by atoms with van der Waals surface area (Å²) in [6, 6.07) is 49.5. The van der Waals surface area contributed by atoms with Gasteiger partial charge in [-0.05, 0) is 65.7 Å². The first-order valence-corrected chi connectivity index (χ1v) is 13.9. The van der Waals surface area contributed by atoms with Gasteiger partial charge in [0.15, 0.2) is 0 Å². The van der Waals surface area contributed by atoms with Crippen LogP contribution < -0.4 is 4.90 Å². The highest BCUT2D eigenvalue weighted by molar-refractivity contribution is 7.25. The zero-order chi connectivity index (χ0) is 25.8. The maximum Gasteiger partial charge on any atom is 0.137 e. The van der Waals surface area contributed by atoms with Gasteiger partial charge in [0.25, 0.3) is 0 Å². The van der Waals surface area contributed by atoms with E-state index < -0.39 is 0 Å². The second-order valence-electron chi connectivity index (χ2n) is 9.78. The van der Waals surface area contributed by atoms with Gasteiger partial charge in [-0.15, -0.1) is 11.3 Å². The molecule has 0 aliphatic heterocycles. The molecule has 39 heavy (non-hydrogen) atoms. The predicted octanol–water partition coefficient (Wildman–Crippen LogP) is 11.1. The van der Waals surface area contributed by atoms with Gasteiger partial charge < -0.3 is 9.32 Å². The first-order chi connectivity index (χ1) is 19.3. The van der Waals surface area contributed by atoms with Crippen LogP contribution in [0.15, 0.2) is 144 Å². The van der Waals surface area contributed by atoms with E-state index in [0.717, 1.165) is 39.0 Å². The van der Waals surface area contributed by atoms with Crippen LogP contribution in [0.1, 0.15) is 0 Å². The average molecular weight is 518 g/mol. The summed E-state index contributed by atoms with van der Waals surface area (Å²) in [5.41, 5.74) is 7.53. The number of nitrogens with zero attached hydrogens (tertiary/aromatic N) is 1. The van der Waals surface area contributed by atoms with Crippen LogP contribution in [0.5, 0.6) is 0 Å².